The number of benzene rings is 1. The van der Waals surface area contributed by atoms with Crippen molar-refractivity contribution < 1.29 is 13.3 Å². The molecule has 1 aromatic carbocycles. The van der Waals surface area contributed by atoms with Gasteiger partial charge in [0, 0.05) is 43.2 Å². The van der Waals surface area contributed by atoms with Crippen LogP contribution in [0.1, 0.15) is 23.8 Å². The molecule has 5 rings (SSSR count). The lowest BCUT2D eigenvalue weighted by Gasteiger charge is -2.35. The van der Waals surface area contributed by atoms with Crippen molar-refractivity contribution in [2.45, 2.75) is 31.1 Å². The summed E-state index contributed by atoms with van der Waals surface area (Å²) in [6, 6.07) is 5.22. The summed E-state index contributed by atoms with van der Waals surface area (Å²) in [5.74, 6) is 1.56. The summed E-state index contributed by atoms with van der Waals surface area (Å²) in [5.41, 5.74) is 1.12. The molecule has 1 atom stereocenters. The Morgan fingerprint density at radius 1 is 1.19 bits per heavy atom. The number of fused-ring (bicyclic) bond motifs is 3. The molecule has 32 heavy (non-hydrogen) atoms. The zero-order chi connectivity index (χ0) is 22.5. The molecule has 3 heterocycles. The van der Waals surface area contributed by atoms with Crippen LogP contribution in [0.25, 0.3) is 10.2 Å². The van der Waals surface area contributed by atoms with Crippen molar-refractivity contribution in [2.24, 2.45) is 5.92 Å². The predicted octanol–water partition coefficient (Wildman–Crippen LogP) is 3.24. The number of aryl methyl sites for hydroxylation is 1. The molecule has 0 radical (unpaired) electrons. The number of nitro benzene ring substituents is 1. The van der Waals surface area contributed by atoms with E-state index in [-0.39, 0.29) is 10.6 Å². The van der Waals surface area contributed by atoms with Crippen molar-refractivity contribution in [2.75, 3.05) is 31.1 Å². The van der Waals surface area contributed by atoms with Gasteiger partial charge in [-0.3, -0.25) is 10.1 Å². The van der Waals surface area contributed by atoms with Crippen LogP contribution in [-0.4, -0.2) is 53.8 Å². The molecule has 1 unspecified atom stereocenters. The van der Waals surface area contributed by atoms with Gasteiger partial charge in [-0.2, -0.15) is 4.31 Å². The fourth-order valence-electron chi connectivity index (χ4n) is 4.55. The topological polar surface area (TPSA) is 110 Å². The van der Waals surface area contributed by atoms with E-state index in [1.165, 1.54) is 32.9 Å². The predicted molar refractivity (Wildman–Crippen MR) is 123 cm³/mol. The fraction of sp³-hybridized carbons (Fsp3) is 0.429. The van der Waals surface area contributed by atoms with Crippen LogP contribution in [0, 0.1) is 16.0 Å². The van der Waals surface area contributed by atoms with Crippen LogP contribution in [0.15, 0.2) is 35.5 Å². The van der Waals surface area contributed by atoms with Crippen LogP contribution in [0.5, 0.6) is 0 Å². The number of sulfonamides is 1. The molecule has 3 aromatic rings. The normalized spacial score (nSPS) is 19.8. The van der Waals surface area contributed by atoms with E-state index in [1.807, 2.05) is 0 Å². The molecule has 1 aliphatic carbocycles. The number of rotatable bonds is 4. The lowest BCUT2D eigenvalue weighted by atomic mass is 9.89. The maximum Gasteiger partial charge on any atom is 0.270 e. The number of nitrogens with zero attached hydrogens (tertiary/aromatic N) is 5. The van der Waals surface area contributed by atoms with Crippen molar-refractivity contribution in [1.29, 1.82) is 0 Å². The van der Waals surface area contributed by atoms with Crippen LogP contribution in [0.3, 0.4) is 0 Å². The molecule has 2 aromatic heterocycles. The number of thiophene rings is 1. The van der Waals surface area contributed by atoms with Crippen LogP contribution in [0.4, 0.5) is 11.5 Å². The van der Waals surface area contributed by atoms with E-state index >= 15 is 0 Å². The Balaban J connectivity index is 1.39. The number of anilines is 1. The first-order valence-corrected chi connectivity index (χ1v) is 12.8. The Hall–Kier alpha value is -2.63. The van der Waals surface area contributed by atoms with Crippen molar-refractivity contribution >= 4 is 43.1 Å². The fourth-order valence-corrected chi connectivity index (χ4v) is 7.35. The van der Waals surface area contributed by atoms with Gasteiger partial charge in [0.05, 0.1) is 15.2 Å². The van der Waals surface area contributed by atoms with Gasteiger partial charge < -0.3 is 4.90 Å². The van der Waals surface area contributed by atoms with Crippen molar-refractivity contribution in [3.63, 3.8) is 0 Å². The van der Waals surface area contributed by atoms with E-state index in [4.69, 9.17) is 0 Å². The number of piperazine rings is 1. The van der Waals surface area contributed by atoms with Gasteiger partial charge in [-0.25, -0.2) is 18.4 Å². The highest BCUT2D eigenvalue weighted by Crippen LogP contribution is 2.40. The largest absolute Gasteiger partial charge is 0.353 e. The quantitative estimate of drug-likeness (QED) is 0.423. The maximum absolute atomic E-state index is 13.1. The first kappa shape index (κ1) is 21.2. The molecule has 0 N–H and O–H groups in total. The SMILES string of the molecule is CC1CCc2c(sc3ncnc(N4CCN(S(=O)(=O)c5cccc([N+](=O)[O-])c5)CC4)c23)C1. The maximum atomic E-state index is 13.1. The van der Waals surface area contributed by atoms with Crippen molar-refractivity contribution in [3.05, 3.63) is 51.1 Å². The van der Waals surface area contributed by atoms with Crippen molar-refractivity contribution in [3.8, 4) is 0 Å². The number of non-ortho nitro benzene ring substituents is 1. The monoisotopic (exact) mass is 473 g/mol. The summed E-state index contributed by atoms with van der Waals surface area (Å²) < 4.78 is 27.5. The van der Waals surface area contributed by atoms with E-state index in [0.717, 1.165) is 41.4 Å². The second-order valence-corrected chi connectivity index (χ2v) is 11.4. The second-order valence-electron chi connectivity index (χ2n) is 8.37. The Morgan fingerprint density at radius 2 is 1.97 bits per heavy atom. The highest BCUT2D eigenvalue weighted by atomic mass is 32.2. The number of hydrogen-bond donors (Lipinski definition) is 0. The summed E-state index contributed by atoms with van der Waals surface area (Å²) in [5, 5.41) is 12.2. The van der Waals surface area contributed by atoms with Crippen molar-refractivity contribution in [1.82, 2.24) is 14.3 Å². The molecule has 11 heteroatoms. The molecule has 0 amide bonds. The minimum atomic E-state index is -3.80. The zero-order valence-corrected chi connectivity index (χ0v) is 19.2. The third-order valence-electron chi connectivity index (χ3n) is 6.28. The third kappa shape index (κ3) is 3.63. The van der Waals surface area contributed by atoms with E-state index in [1.54, 1.807) is 17.7 Å². The van der Waals surface area contributed by atoms with E-state index in [2.05, 4.69) is 21.8 Å². The zero-order valence-electron chi connectivity index (χ0n) is 17.6. The van der Waals surface area contributed by atoms with E-state index in [9.17, 15) is 18.5 Å². The first-order chi connectivity index (χ1) is 15.3. The molecule has 1 aliphatic heterocycles. The molecule has 1 saturated heterocycles. The highest BCUT2D eigenvalue weighted by Gasteiger charge is 2.31. The molecular weight excluding hydrogens is 450 g/mol. The van der Waals surface area contributed by atoms with Gasteiger partial charge in [0.15, 0.2) is 0 Å². The Bertz CT molecular complexity index is 1300. The van der Waals surface area contributed by atoms with Gasteiger partial charge in [-0.15, -0.1) is 11.3 Å². The van der Waals surface area contributed by atoms with Crippen LogP contribution in [0.2, 0.25) is 0 Å². The Labute approximate surface area is 189 Å². The minimum Gasteiger partial charge on any atom is -0.353 e. The van der Waals surface area contributed by atoms with Crippen LogP contribution >= 0.6 is 11.3 Å². The highest BCUT2D eigenvalue weighted by molar-refractivity contribution is 7.89. The summed E-state index contributed by atoms with van der Waals surface area (Å²) in [6.07, 6.45) is 4.85. The Morgan fingerprint density at radius 3 is 2.72 bits per heavy atom. The molecule has 9 nitrogen and oxygen atoms in total. The number of aromatic nitrogens is 2. The summed E-state index contributed by atoms with van der Waals surface area (Å²) >= 11 is 1.75. The molecule has 168 valence electrons. The molecule has 1 fully saturated rings. The summed E-state index contributed by atoms with van der Waals surface area (Å²) in [6.45, 7) is 3.86. The van der Waals surface area contributed by atoms with Gasteiger partial charge >= 0.3 is 0 Å². The Kier molecular flexibility index (Phi) is 5.34. The standard InChI is InChI=1S/C21H23N5O4S2/c1-14-5-6-17-18(11-14)31-21-19(17)20(22-13-23-21)24-7-9-25(10-8-24)32(29,30)16-4-2-3-15(12-16)26(27)28/h2-4,12-14H,5-11H2,1H3. The van der Waals surface area contributed by atoms with Gasteiger partial charge in [0.25, 0.3) is 5.69 Å². The average Bonchev–Trinajstić information content (AvgIpc) is 3.16. The smallest absolute Gasteiger partial charge is 0.270 e. The van der Waals surface area contributed by atoms with Gasteiger partial charge in [0.1, 0.15) is 17.0 Å². The average molecular weight is 474 g/mol. The van der Waals surface area contributed by atoms with Crippen LogP contribution < -0.4 is 4.90 Å². The number of hydrogen-bond acceptors (Lipinski definition) is 8. The van der Waals surface area contributed by atoms with Gasteiger partial charge in [-0.05, 0) is 36.8 Å². The lowest BCUT2D eigenvalue weighted by molar-refractivity contribution is -0.385. The first-order valence-electron chi connectivity index (χ1n) is 10.6. The molecule has 2 aliphatic rings. The van der Waals surface area contributed by atoms with Crippen LogP contribution in [-0.2, 0) is 22.9 Å². The van der Waals surface area contributed by atoms with Gasteiger partial charge in [-0.1, -0.05) is 13.0 Å². The summed E-state index contributed by atoms with van der Waals surface area (Å²) in [4.78, 5) is 24.0. The molecular formula is C21H23N5O4S2. The van der Waals surface area contributed by atoms with E-state index in [0.29, 0.717) is 32.1 Å². The molecule has 0 saturated carbocycles. The lowest BCUT2D eigenvalue weighted by Crippen LogP contribution is -2.49. The third-order valence-corrected chi connectivity index (χ3v) is 9.33. The minimum absolute atomic E-state index is 0.0504. The molecule has 0 bridgehead atoms. The second kappa shape index (κ2) is 8.05. The number of nitro groups is 1. The van der Waals surface area contributed by atoms with E-state index < -0.39 is 14.9 Å². The van der Waals surface area contributed by atoms with Gasteiger partial charge in [0.2, 0.25) is 10.0 Å². The summed E-state index contributed by atoms with van der Waals surface area (Å²) in [7, 11) is -3.80. The molecule has 0 spiro atoms.